The van der Waals surface area contributed by atoms with Gasteiger partial charge in [0.15, 0.2) is 16.9 Å². The minimum absolute atomic E-state index is 0.133. The van der Waals surface area contributed by atoms with E-state index in [0.717, 1.165) is 32.1 Å². The normalized spacial score (nSPS) is 16.8. The molecule has 0 heterocycles. The predicted molar refractivity (Wildman–Crippen MR) is 72.7 cm³/mol. The molecule has 1 aliphatic rings. The summed E-state index contributed by atoms with van der Waals surface area (Å²) in [6.07, 6.45) is 3.76. The smallest absolute Gasteiger partial charge is 0.410 e. The van der Waals surface area contributed by atoms with Crippen molar-refractivity contribution in [1.29, 1.82) is 0 Å². The average molecular weight is 321 g/mol. The van der Waals surface area contributed by atoms with Gasteiger partial charge in [-0.3, -0.25) is 9.59 Å². The first kappa shape index (κ1) is 17.6. The number of carbonyl (C=O) groups is 3. The number of amides is 1. The number of alkyl carbamates (subject to hydrolysis) is 1. The van der Waals surface area contributed by atoms with E-state index < -0.39 is 42.0 Å². The molecule has 1 rings (SSSR count). The van der Waals surface area contributed by atoms with Gasteiger partial charge in [0.1, 0.15) is 5.75 Å². The molecule has 1 amide bonds. The first-order valence-electron chi connectivity index (χ1n) is 6.65. The molecule has 1 atom stereocenters. The Labute approximate surface area is 124 Å². The van der Waals surface area contributed by atoms with E-state index in [1.807, 2.05) is 0 Å². The average Bonchev–Trinajstić information content (AvgIpc) is 2.45. The van der Waals surface area contributed by atoms with E-state index in [0.29, 0.717) is 0 Å². The lowest BCUT2D eigenvalue weighted by molar-refractivity contribution is -0.158. The number of esters is 1. The lowest BCUT2D eigenvalue weighted by Crippen LogP contribution is -2.33. The Kier molecular flexibility index (Phi) is 7.91. The zero-order valence-corrected chi connectivity index (χ0v) is 12.4. The number of nitrogens with one attached hydrogen (secondary N) is 1. The van der Waals surface area contributed by atoms with E-state index in [2.05, 4.69) is 10.1 Å². The molecule has 1 unspecified atom stereocenters. The van der Waals surface area contributed by atoms with Gasteiger partial charge < -0.3 is 19.3 Å². The molecule has 1 aliphatic carbocycles. The fourth-order valence-corrected chi connectivity index (χ4v) is 2.39. The first-order valence-corrected chi connectivity index (χ1v) is 7.93. The van der Waals surface area contributed by atoms with Gasteiger partial charge in [0.05, 0.1) is 12.5 Å². The van der Waals surface area contributed by atoms with Crippen LogP contribution in [0.25, 0.3) is 0 Å². The van der Waals surface area contributed by atoms with Crippen LogP contribution >= 0.6 is 0 Å². The van der Waals surface area contributed by atoms with Crippen LogP contribution in [-0.2, 0) is 30.1 Å². The molecular weight excluding hydrogens is 302 g/mol. The van der Waals surface area contributed by atoms with Crippen LogP contribution < -0.4 is 5.32 Å². The number of hydrogen-bond acceptors (Lipinski definition) is 6. The van der Waals surface area contributed by atoms with Crippen LogP contribution in [0.3, 0.4) is 0 Å². The van der Waals surface area contributed by atoms with Crippen molar-refractivity contribution in [3.63, 3.8) is 0 Å². The van der Waals surface area contributed by atoms with Crippen molar-refractivity contribution in [2.24, 2.45) is 5.92 Å². The summed E-state index contributed by atoms with van der Waals surface area (Å²) in [6.45, 7) is -0.928. The zero-order valence-electron chi connectivity index (χ0n) is 11.5. The summed E-state index contributed by atoms with van der Waals surface area (Å²) in [4.78, 5) is 33.8. The van der Waals surface area contributed by atoms with E-state index in [9.17, 15) is 18.6 Å². The fourth-order valence-electron chi connectivity index (χ4n) is 2.01. The van der Waals surface area contributed by atoms with Gasteiger partial charge in [0.25, 0.3) is 0 Å². The Morgan fingerprint density at radius 3 is 2.43 bits per heavy atom. The highest BCUT2D eigenvalue weighted by molar-refractivity contribution is 7.80. The summed E-state index contributed by atoms with van der Waals surface area (Å²) in [5, 5.41) is 2.09. The maximum atomic E-state index is 11.6. The molecule has 0 aromatic carbocycles. The molecule has 1 fully saturated rings. The minimum Gasteiger partial charge on any atom is -0.428 e. The molecule has 1 saturated carbocycles. The lowest BCUT2D eigenvalue weighted by Gasteiger charge is -2.19. The van der Waals surface area contributed by atoms with Crippen molar-refractivity contribution >= 4 is 28.9 Å². The van der Waals surface area contributed by atoms with Crippen molar-refractivity contribution in [2.45, 2.75) is 32.1 Å². The van der Waals surface area contributed by atoms with Gasteiger partial charge in [0.2, 0.25) is 6.79 Å². The summed E-state index contributed by atoms with van der Waals surface area (Å²) in [6, 6.07) is 0. The molecule has 0 aromatic rings. The molecule has 0 bridgehead atoms. The van der Waals surface area contributed by atoms with Crippen molar-refractivity contribution in [3.05, 3.63) is 0 Å². The van der Waals surface area contributed by atoms with Crippen LogP contribution in [0, 0.1) is 5.92 Å². The summed E-state index contributed by atoms with van der Waals surface area (Å²) in [5.74, 6) is -1.68. The molecular formula is C12H19NO7S. The van der Waals surface area contributed by atoms with Gasteiger partial charge in [-0.1, -0.05) is 19.3 Å². The van der Waals surface area contributed by atoms with Crippen molar-refractivity contribution in [3.8, 4) is 0 Å². The van der Waals surface area contributed by atoms with Crippen molar-refractivity contribution < 1.29 is 32.6 Å². The van der Waals surface area contributed by atoms with Gasteiger partial charge in [0, 0.05) is 0 Å². The van der Waals surface area contributed by atoms with Crippen LogP contribution in [0.5, 0.6) is 0 Å². The summed E-state index contributed by atoms with van der Waals surface area (Å²) < 4.78 is 28.2. The monoisotopic (exact) mass is 321 g/mol. The Balaban J connectivity index is 2.11. The fraction of sp³-hybridized carbons (Fsp3) is 0.750. The number of carbonyl (C=O) groups excluding carboxylic acids is 3. The first-order chi connectivity index (χ1) is 9.99. The van der Waals surface area contributed by atoms with Gasteiger partial charge in [-0.05, 0) is 12.8 Å². The predicted octanol–water partition coefficient (Wildman–Crippen LogP) is 0.584. The number of rotatable bonds is 7. The number of hydrogen-bond donors (Lipinski definition) is 2. The Hall–Kier alpha value is -1.48. The summed E-state index contributed by atoms with van der Waals surface area (Å²) >= 11 is -2.24. The molecule has 0 aliphatic heterocycles. The second kappa shape index (κ2) is 9.46. The second-order valence-electron chi connectivity index (χ2n) is 4.71. The quantitative estimate of drug-likeness (QED) is 0.400. The van der Waals surface area contributed by atoms with E-state index >= 15 is 0 Å². The third-order valence-electron chi connectivity index (χ3n) is 3.04. The van der Waals surface area contributed by atoms with Crippen LogP contribution in [0.15, 0.2) is 0 Å². The minimum atomic E-state index is -2.24. The molecule has 21 heavy (non-hydrogen) atoms. The molecule has 0 aromatic heterocycles. The molecule has 8 nitrogen and oxygen atoms in total. The Morgan fingerprint density at radius 2 is 1.81 bits per heavy atom. The molecule has 0 saturated heterocycles. The van der Waals surface area contributed by atoms with E-state index in [-0.39, 0.29) is 11.9 Å². The summed E-state index contributed by atoms with van der Waals surface area (Å²) in [7, 11) is 0. The van der Waals surface area contributed by atoms with Crippen LogP contribution in [0.1, 0.15) is 32.1 Å². The maximum Gasteiger partial charge on any atom is 0.410 e. The van der Waals surface area contributed by atoms with Gasteiger partial charge >= 0.3 is 12.1 Å². The molecule has 9 heteroatoms. The number of ether oxygens (including phenoxy) is 2. The molecule has 120 valence electrons. The third kappa shape index (κ3) is 7.76. The van der Waals surface area contributed by atoms with Gasteiger partial charge in [-0.15, -0.1) is 0 Å². The van der Waals surface area contributed by atoms with E-state index in [1.165, 1.54) is 0 Å². The SMILES string of the molecule is O=C(CNC(=O)OCOC(=O)C1CCCCC1)CS(=O)O. The van der Waals surface area contributed by atoms with E-state index in [1.54, 1.807) is 0 Å². The number of ketones is 1. The van der Waals surface area contributed by atoms with E-state index in [4.69, 9.17) is 9.29 Å². The summed E-state index contributed by atoms with van der Waals surface area (Å²) in [5.41, 5.74) is 0. The number of Topliss-reactive ketones (excluding diaryl/α,β-unsaturated/α-hetero) is 1. The highest BCUT2D eigenvalue weighted by Crippen LogP contribution is 2.24. The van der Waals surface area contributed by atoms with Crippen LogP contribution in [-0.4, -0.2) is 45.7 Å². The zero-order chi connectivity index (χ0) is 15.7. The molecule has 0 radical (unpaired) electrons. The largest absolute Gasteiger partial charge is 0.428 e. The molecule has 2 N–H and O–H groups in total. The lowest BCUT2D eigenvalue weighted by atomic mass is 9.89. The Morgan fingerprint density at radius 1 is 1.14 bits per heavy atom. The maximum absolute atomic E-state index is 11.6. The Bertz CT molecular complexity index is 406. The topological polar surface area (TPSA) is 119 Å². The standard InChI is InChI=1S/C12H19NO7S/c14-10(7-21(17)18)6-13-12(16)20-8-19-11(15)9-4-2-1-3-5-9/h9H,1-8H2,(H,13,16)(H,17,18). The van der Waals surface area contributed by atoms with Crippen molar-refractivity contribution in [1.82, 2.24) is 5.32 Å². The molecule has 0 spiro atoms. The highest BCUT2D eigenvalue weighted by Gasteiger charge is 2.22. The third-order valence-corrected chi connectivity index (χ3v) is 3.61. The highest BCUT2D eigenvalue weighted by atomic mass is 32.2. The second-order valence-corrected chi connectivity index (χ2v) is 5.64. The van der Waals surface area contributed by atoms with Gasteiger partial charge in [-0.2, -0.15) is 0 Å². The van der Waals surface area contributed by atoms with Crippen LogP contribution in [0.2, 0.25) is 0 Å². The van der Waals surface area contributed by atoms with Crippen molar-refractivity contribution in [2.75, 3.05) is 19.1 Å². The van der Waals surface area contributed by atoms with Gasteiger partial charge in [-0.25, -0.2) is 9.00 Å². The van der Waals surface area contributed by atoms with Crippen LogP contribution in [0.4, 0.5) is 4.79 Å².